The fourth-order valence-corrected chi connectivity index (χ4v) is 4.18. The van der Waals surface area contributed by atoms with Gasteiger partial charge in [-0.3, -0.25) is 9.59 Å². The van der Waals surface area contributed by atoms with E-state index in [1.54, 1.807) is 11.1 Å². The van der Waals surface area contributed by atoms with Gasteiger partial charge in [-0.25, -0.2) is 13.5 Å². The Hall–Kier alpha value is -2.81. The number of benzene rings is 1. The normalized spacial score (nSPS) is 21.8. The number of anilines is 1. The van der Waals surface area contributed by atoms with E-state index in [-0.39, 0.29) is 36.0 Å². The second-order valence-electron chi connectivity index (χ2n) is 7.90. The molecule has 7 nitrogen and oxygen atoms in total. The first-order valence-corrected chi connectivity index (χ1v) is 10.1. The van der Waals surface area contributed by atoms with Crippen molar-refractivity contribution in [1.29, 1.82) is 0 Å². The van der Waals surface area contributed by atoms with Gasteiger partial charge < -0.3 is 14.9 Å². The smallest absolute Gasteiger partial charge is 0.269 e. The first-order chi connectivity index (χ1) is 14.4. The summed E-state index contributed by atoms with van der Waals surface area (Å²) in [6.07, 6.45) is 2.87. The van der Waals surface area contributed by atoms with Gasteiger partial charge in [-0.05, 0) is 31.4 Å². The van der Waals surface area contributed by atoms with E-state index >= 15 is 0 Å². The third kappa shape index (κ3) is 4.21. The number of rotatable bonds is 4. The topological polar surface area (TPSA) is 78.7 Å². The van der Waals surface area contributed by atoms with Gasteiger partial charge in [0.15, 0.2) is 0 Å². The third-order valence-electron chi connectivity index (χ3n) is 5.82. The Bertz CT molecular complexity index is 976. The minimum atomic E-state index is -0.739. The number of hydrogen-bond donors (Lipinski definition) is 1. The molecule has 2 saturated heterocycles. The largest absolute Gasteiger partial charge is 0.391 e. The Morgan fingerprint density at radius 1 is 1.17 bits per heavy atom. The van der Waals surface area contributed by atoms with Crippen LogP contribution < -0.4 is 10.5 Å². The molecule has 1 N–H and O–H groups in total. The molecule has 0 saturated carbocycles. The van der Waals surface area contributed by atoms with Gasteiger partial charge in [-0.15, -0.1) is 0 Å². The number of halogens is 2. The van der Waals surface area contributed by atoms with Gasteiger partial charge in [0.05, 0.1) is 30.5 Å². The van der Waals surface area contributed by atoms with Gasteiger partial charge in [-0.1, -0.05) is 6.07 Å². The summed E-state index contributed by atoms with van der Waals surface area (Å²) in [4.78, 5) is 28.8. The lowest BCUT2D eigenvalue weighted by molar-refractivity contribution is -0.132. The van der Waals surface area contributed by atoms with Crippen LogP contribution in [0.25, 0.3) is 0 Å². The lowest BCUT2D eigenvalue weighted by Gasteiger charge is -2.33. The summed E-state index contributed by atoms with van der Waals surface area (Å²) in [6.45, 7) is 1.89. The summed E-state index contributed by atoms with van der Waals surface area (Å²) in [5, 5.41) is 14.0. The molecule has 0 aliphatic carbocycles. The number of amides is 1. The van der Waals surface area contributed by atoms with Crippen LogP contribution in [0.5, 0.6) is 0 Å². The number of piperidine rings is 1. The summed E-state index contributed by atoms with van der Waals surface area (Å²) in [7, 11) is 0. The van der Waals surface area contributed by atoms with Gasteiger partial charge in [0.2, 0.25) is 5.91 Å². The van der Waals surface area contributed by atoms with Crippen LogP contribution in [-0.2, 0) is 11.2 Å². The van der Waals surface area contributed by atoms with E-state index in [9.17, 15) is 23.5 Å². The zero-order valence-corrected chi connectivity index (χ0v) is 16.5. The first kappa shape index (κ1) is 20.5. The van der Waals surface area contributed by atoms with E-state index in [4.69, 9.17) is 0 Å². The van der Waals surface area contributed by atoms with Crippen molar-refractivity contribution in [1.82, 2.24) is 14.7 Å². The molecule has 4 rings (SSSR count). The molecular formula is C21H24F2N4O3. The molecule has 30 heavy (non-hydrogen) atoms. The summed E-state index contributed by atoms with van der Waals surface area (Å²) >= 11 is 0. The van der Waals surface area contributed by atoms with Gasteiger partial charge >= 0.3 is 0 Å². The van der Waals surface area contributed by atoms with Crippen LogP contribution in [0.1, 0.15) is 30.9 Å². The van der Waals surface area contributed by atoms with Crippen LogP contribution in [0.2, 0.25) is 0 Å². The van der Waals surface area contributed by atoms with E-state index in [0.717, 1.165) is 12.1 Å². The average molecular weight is 418 g/mol. The van der Waals surface area contributed by atoms with Crippen molar-refractivity contribution in [2.45, 2.75) is 37.8 Å². The molecule has 3 heterocycles. The van der Waals surface area contributed by atoms with Gasteiger partial charge in [0.25, 0.3) is 5.56 Å². The number of aromatic nitrogens is 2. The van der Waals surface area contributed by atoms with Crippen molar-refractivity contribution in [3.8, 4) is 0 Å². The highest BCUT2D eigenvalue weighted by molar-refractivity contribution is 5.79. The molecule has 1 aromatic carbocycles. The van der Waals surface area contributed by atoms with Crippen molar-refractivity contribution in [2.75, 3.05) is 31.1 Å². The van der Waals surface area contributed by atoms with Gasteiger partial charge in [-0.2, -0.15) is 5.10 Å². The van der Waals surface area contributed by atoms with E-state index in [2.05, 4.69) is 5.10 Å². The molecule has 1 aromatic heterocycles. The Morgan fingerprint density at radius 3 is 2.60 bits per heavy atom. The first-order valence-electron chi connectivity index (χ1n) is 10.1. The molecule has 0 unspecified atom stereocenters. The van der Waals surface area contributed by atoms with E-state index in [0.29, 0.717) is 44.6 Å². The Labute approximate surface area is 172 Å². The molecule has 1 amide bonds. The third-order valence-corrected chi connectivity index (χ3v) is 5.82. The lowest BCUT2D eigenvalue weighted by atomic mass is 10.0. The molecule has 2 fully saturated rings. The predicted octanol–water partition coefficient (Wildman–Crippen LogP) is 1.50. The number of β-amino-alcohol motifs (C(OH)–C–C–N with tert-alkyl or cyclic N) is 1. The quantitative estimate of drug-likeness (QED) is 0.814. The summed E-state index contributed by atoms with van der Waals surface area (Å²) in [5.41, 5.74) is 0.164. The molecule has 9 heteroatoms. The van der Waals surface area contributed by atoms with E-state index in [1.807, 2.05) is 4.90 Å². The number of aliphatic hydroxyl groups excluding tert-OH is 1. The highest BCUT2D eigenvalue weighted by Gasteiger charge is 2.28. The van der Waals surface area contributed by atoms with Crippen molar-refractivity contribution in [2.24, 2.45) is 0 Å². The van der Waals surface area contributed by atoms with Crippen molar-refractivity contribution >= 4 is 11.6 Å². The number of aliphatic hydroxyl groups is 1. The molecule has 0 spiro atoms. The maximum Gasteiger partial charge on any atom is 0.269 e. The highest BCUT2D eigenvalue weighted by Crippen LogP contribution is 2.23. The Morgan fingerprint density at radius 2 is 1.93 bits per heavy atom. The molecule has 2 aliphatic rings. The van der Waals surface area contributed by atoms with Crippen LogP contribution >= 0.6 is 0 Å². The molecule has 0 bridgehead atoms. The lowest BCUT2D eigenvalue weighted by Crippen LogP contribution is -2.44. The second kappa shape index (κ2) is 8.51. The predicted molar refractivity (Wildman–Crippen MR) is 106 cm³/mol. The average Bonchev–Trinajstić information content (AvgIpc) is 3.17. The number of hydrogen-bond acceptors (Lipinski definition) is 5. The highest BCUT2D eigenvalue weighted by atomic mass is 19.1. The minimum Gasteiger partial charge on any atom is -0.391 e. The van der Waals surface area contributed by atoms with Gasteiger partial charge in [0, 0.05) is 37.8 Å². The van der Waals surface area contributed by atoms with Crippen molar-refractivity contribution in [3.63, 3.8) is 0 Å². The van der Waals surface area contributed by atoms with Crippen molar-refractivity contribution < 1.29 is 18.7 Å². The van der Waals surface area contributed by atoms with Gasteiger partial charge in [0.1, 0.15) is 11.6 Å². The summed E-state index contributed by atoms with van der Waals surface area (Å²) < 4.78 is 29.1. The van der Waals surface area contributed by atoms with Crippen LogP contribution in [0.4, 0.5) is 14.5 Å². The SMILES string of the molecule is O=C(Cc1c(F)cccc1F)N1CCC[C@H](n2ncc(N3CC[C@H](O)C3)cc2=O)C1. The fourth-order valence-electron chi connectivity index (χ4n) is 4.18. The minimum absolute atomic E-state index is 0.239. The number of nitrogens with zero attached hydrogens (tertiary/aromatic N) is 4. The molecule has 2 aliphatic heterocycles. The maximum atomic E-state index is 13.9. The van der Waals surface area contributed by atoms with Crippen LogP contribution in [0.15, 0.2) is 35.3 Å². The number of carbonyl (C=O) groups is 1. The maximum absolute atomic E-state index is 13.9. The van der Waals surface area contributed by atoms with Crippen LogP contribution in [0, 0.1) is 11.6 Å². The Kier molecular flexibility index (Phi) is 5.80. The van der Waals surface area contributed by atoms with E-state index < -0.39 is 17.7 Å². The number of carbonyl (C=O) groups excluding carboxylic acids is 1. The van der Waals surface area contributed by atoms with E-state index in [1.165, 1.54) is 16.8 Å². The Balaban J connectivity index is 1.46. The molecule has 2 atom stereocenters. The van der Waals surface area contributed by atoms with Crippen molar-refractivity contribution in [3.05, 3.63) is 58.0 Å². The molecule has 0 radical (unpaired) electrons. The zero-order chi connectivity index (χ0) is 21.3. The molecule has 160 valence electrons. The fraction of sp³-hybridized carbons (Fsp3) is 0.476. The second-order valence-corrected chi connectivity index (χ2v) is 7.90. The summed E-state index contributed by atoms with van der Waals surface area (Å²) in [6, 6.07) is 4.74. The van der Waals surface area contributed by atoms with Crippen LogP contribution in [-0.4, -0.2) is 58.0 Å². The molecule has 2 aromatic rings. The summed E-state index contributed by atoms with van der Waals surface area (Å²) in [5.74, 6) is -1.85. The number of likely N-dealkylation sites (tertiary alicyclic amines) is 1. The monoisotopic (exact) mass is 418 g/mol. The van der Waals surface area contributed by atoms with Crippen LogP contribution in [0.3, 0.4) is 0 Å². The standard InChI is InChI=1S/C21H24F2N4O3/c22-18-4-1-5-19(23)17(18)10-20(29)26-7-2-3-14(12-26)27-21(30)9-15(11-24-27)25-8-6-16(28)13-25/h1,4-5,9,11,14,16,28H,2-3,6-8,10,12-13H2/t14-,16-/m0/s1. The molecular weight excluding hydrogens is 394 g/mol. The zero-order valence-electron chi connectivity index (χ0n) is 16.5.